The molecule has 4 nitrogen and oxygen atoms in total. The van der Waals surface area contributed by atoms with E-state index < -0.39 is 0 Å². The third-order valence-corrected chi connectivity index (χ3v) is 3.00. The minimum absolute atomic E-state index is 0.308. The summed E-state index contributed by atoms with van der Waals surface area (Å²) < 4.78 is 12.7. The van der Waals surface area contributed by atoms with Crippen LogP contribution >= 0.6 is 0 Å². The van der Waals surface area contributed by atoms with E-state index in [4.69, 9.17) is 9.47 Å². The number of benzene rings is 1. The van der Waals surface area contributed by atoms with Crippen LogP contribution in [0.1, 0.15) is 11.3 Å². The smallest absolute Gasteiger partial charge is 0.231 e. The van der Waals surface area contributed by atoms with Crippen LogP contribution in [-0.4, -0.2) is 16.6 Å². The molecule has 1 aromatic heterocycles. The van der Waals surface area contributed by atoms with Crippen LogP contribution in [0, 0.1) is 13.8 Å². The Morgan fingerprint density at radius 2 is 1.82 bits per heavy atom. The highest BCUT2D eigenvalue weighted by atomic mass is 16.7. The van der Waals surface area contributed by atoms with Crippen molar-refractivity contribution in [3.63, 3.8) is 0 Å². The van der Waals surface area contributed by atoms with Crippen LogP contribution in [0.25, 0.3) is 11.3 Å². The highest BCUT2D eigenvalue weighted by Gasteiger charge is 2.17. The SMILES string of the molecule is Cc1cc(-c2cc3c(cc2C)OCO3)n(C)n1. The molecule has 1 aromatic carbocycles. The molecular weight excluding hydrogens is 216 g/mol. The molecule has 17 heavy (non-hydrogen) atoms. The van der Waals surface area contributed by atoms with Gasteiger partial charge >= 0.3 is 0 Å². The molecular formula is C13H14N2O2. The van der Waals surface area contributed by atoms with E-state index in [9.17, 15) is 0 Å². The zero-order valence-corrected chi connectivity index (χ0v) is 10.2. The van der Waals surface area contributed by atoms with Crippen LogP contribution in [0.15, 0.2) is 18.2 Å². The molecule has 4 heteroatoms. The Bertz CT molecular complexity index is 587. The molecule has 0 radical (unpaired) electrons. The van der Waals surface area contributed by atoms with Gasteiger partial charge in [0.05, 0.1) is 11.4 Å². The monoisotopic (exact) mass is 230 g/mol. The third-order valence-electron chi connectivity index (χ3n) is 3.00. The number of rotatable bonds is 1. The zero-order chi connectivity index (χ0) is 12.0. The number of ether oxygens (including phenoxy) is 2. The van der Waals surface area contributed by atoms with Crippen molar-refractivity contribution < 1.29 is 9.47 Å². The zero-order valence-electron chi connectivity index (χ0n) is 10.2. The largest absolute Gasteiger partial charge is 0.454 e. The van der Waals surface area contributed by atoms with E-state index in [1.165, 1.54) is 0 Å². The van der Waals surface area contributed by atoms with Gasteiger partial charge in [0, 0.05) is 12.6 Å². The molecule has 0 amide bonds. The van der Waals surface area contributed by atoms with Crippen LogP contribution in [0.5, 0.6) is 11.5 Å². The van der Waals surface area contributed by atoms with Crippen molar-refractivity contribution in [2.75, 3.05) is 6.79 Å². The van der Waals surface area contributed by atoms with Gasteiger partial charge in [-0.05, 0) is 37.6 Å². The standard InChI is InChI=1S/C13H14N2O2/c1-8-4-12-13(17-7-16-12)6-10(8)11-5-9(2)14-15(11)3/h4-6H,7H2,1-3H3. The molecule has 1 aliphatic rings. The Morgan fingerprint density at radius 3 is 2.47 bits per heavy atom. The molecule has 0 saturated heterocycles. The van der Waals surface area contributed by atoms with E-state index >= 15 is 0 Å². The van der Waals surface area contributed by atoms with E-state index in [1.807, 2.05) is 30.8 Å². The molecule has 88 valence electrons. The van der Waals surface area contributed by atoms with Gasteiger partial charge in [-0.3, -0.25) is 4.68 Å². The van der Waals surface area contributed by atoms with Crippen molar-refractivity contribution >= 4 is 0 Å². The number of nitrogens with zero attached hydrogens (tertiary/aromatic N) is 2. The van der Waals surface area contributed by atoms with E-state index in [-0.39, 0.29) is 0 Å². The Balaban J connectivity index is 2.18. The van der Waals surface area contributed by atoms with E-state index in [2.05, 4.69) is 18.1 Å². The average molecular weight is 230 g/mol. The maximum absolute atomic E-state index is 5.41. The molecule has 0 N–H and O–H groups in total. The van der Waals surface area contributed by atoms with Gasteiger partial charge in [0.25, 0.3) is 0 Å². The first-order valence-corrected chi connectivity index (χ1v) is 5.56. The molecule has 3 rings (SSSR count). The maximum Gasteiger partial charge on any atom is 0.231 e. The number of aryl methyl sites for hydroxylation is 3. The predicted molar refractivity (Wildman–Crippen MR) is 64.2 cm³/mol. The van der Waals surface area contributed by atoms with E-state index in [1.54, 1.807) is 0 Å². The lowest BCUT2D eigenvalue weighted by atomic mass is 10.0. The maximum atomic E-state index is 5.41. The van der Waals surface area contributed by atoms with Crippen LogP contribution in [0.4, 0.5) is 0 Å². The summed E-state index contributed by atoms with van der Waals surface area (Å²) in [6.45, 7) is 4.37. The lowest BCUT2D eigenvalue weighted by molar-refractivity contribution is 0.174. The molecule has 0 fully saturated rings. The van der Waals surface area contributed by atoms with Crippen molar-refractivity contribution in [1.29, 1.82) is 0 Å². The number of aromatic nitrogens is 2. The summed E-state index contributed by atoms with van der Waals surface area (Å²) in [6.07, 6.45) is 0. The minimum atomic E-state index is 0.308. The van der Waals surface area contributed by atoms with Crippen molar-refractivity contribution in [2.45, 2.75) is 13.8 Å². The Morgan fingerprint density at radius 1 is 1.12 bits per heavy atom. The second-order valence-corrected chi connectivity index (χ2v) is 4.31. The number of hydrogen-bond acceptors (Lipinski definition) is 3. The van der Waals surface area contributed by atoms with E-state index in [0.29, 0.717) is 6.79 Å². The summed E-state index contributed by atoms with van der Waals surface area (Å²) in [7, 11) is 1.95. The molecule has 0 bridgehead atoms. The third kappa shape index (κ3) is 1.56. The summed E-state index contributed by atoms with van der Waals surface area (Å²) in [4.78, 5) is 0. The molecule has 2 aromatic rings. The number of fused-ring (bicyclic) bond motifs is 1. The second-order valence-electron chi connectivity index (χ2n) is 4.31. The topological polar surface area (TPSA) is 36.3 Å². The summed E-state index contributed by atoms with van der Waals surface area (Å²) in [6, 6.07) is 6.11. The van der Waals surface area contributed by atoms with Crippen LogP contribution in [0.2, 0.25) is 0 Å². The van der Waals surface area contributed by atoms with Gasteiger partial charge in [0.1, 0.15) is 0 Å². The lowest BCUT2D eigenvalue weighted by Gasteiger charge is -2.07. The molecule has 0 unspecified atom stereocenters. The summed E-state index contributed by atoms with van der Waals surface area (Å²) in [5, 5.41) is 4.37. The average Bonchev–Trinajstić information content (AvgIpc) is 2.83. The summed E-state index contributed by atoms with van der Waals surface area (Å²) >= 11 is 0. The van der Waals surface area contributed by atoms with Gasteiger partial charge in [-0.2, -0.15) is 5.10 Å². The fourth-order valence-corrected chi connectivity index (χ4v) is 2.18. The second kappa shape index (κ2) is 3.52. The minimum Gasteiger partial charge on any atom is -0.454 e. The molecule has 0 aliphatic carbocycles. The molecule has 1 aliphatic heterocycles. The van der Waals surface area contributed by atoms with Gasteiger partial charge in [0.2, 0.25) is 6.79 Å². The molecule has 0 atom stereocenters. The highest BCUT2D eigenvalue weighted by molar-refractivity contribution is 5.69. The Kier molecular flexibility index (Phi) is 2.11. The van der Waals surface area contributed by atoms with Gasteiger partial charge in [-0.25, -0.2) is 0 Å². The summed E-state index contributed by atoms with van der Waals surface area (Å²) in [5.41, 5.74) is 4.41. The normalized spacial score (nSPS) is 13.1. The van der Waals surface area contributed by atoms with E-state index in [0.717, 1.165) is 34.0 Å². The van der Waals surface area contributed by atoms with Crippen molar-refractivity contribution in [2.24, 2.45) is 7.05 Å². The van der Waals surface area contributed by atoms with Gasteiger partial charge < -0.3 is 9.47 Å². The Hall–Kier alpha value is -1.97. The molecule has 0 saturated carbocycles. The molecule has 2 heterocycles. The summed E-state index contributed by atoms with van der Waals surface area (Å²) in [5.74, 6) is 1.63. The quantitative estimate of drug-likeness (QED) is 0.755. The first kappa shape index (κ1) is 10.2. The van der Waals surface area contributed by atoms with Gasteiger partial charge in [-0.1, -0.05) is 0 Å². The van der Waals surface area contributed by atoms with Crippen LogP contribution in [0.3, 0.4) is 0 Å². The Labute approximate surface area is 99.8 Å². The first-order chi connectivity index (χ1) is 8.15. The first-order valence-electron chi connectivity index (χ1n) is 5.56. The van der Waals surface area contributed by atoms with Crippen LogP contribution < -0.4 is 9.47 Å². The highest BCUT2D eigenvalue weighted by Crippen LogP contribution is 2.38. The number of hydrogen-bond donors (Lipinski definition) is 0. The van der Waals surface area contributed by atoms with Gasteiger partial charge in [-0.15, -0.1) is 0 Å². The van der Waals surface area contributed by atoms with Crippen LogP contribution in [-0.2, 0) is 7.05 Å². The lowest BCUT2D eigenvalue weighted by Crippen LogP contribution is -1.95. The predicted octanol–water partition coefficient (Wildman–Crippen LogP) is 2.43. The molecule has 0 spiro atoms. The van der Waals surface area contributed by atoms with Crippen molar-refractivity contribution in [3.8, 4) is 22.8 Å². The van der Waals surface area contributed by atoms with Gasteiger partial charge in [0.15, 0.2) is 11.5 Å². The van der Waals surface area contributed by atoms with Crippen molar-refractivity contribution in [1.82, 2.24) is 9.78 Å². The van der Waals surface area contributed by atoms with Crippen molar-refractivity contribution in [3.05, 3.63) is 29.5 Å². The fraction of sp³-hybridized carbons (Fsp3) is 0.308. The fourth-order valence-electron chi connectivity index (χ4n) is 2.18.